The van der Waals surface area contributed by atoms with Crippen molar-refractivity contribution in [2.24, 2.45) is 0 Å². The summed E-state index contributed by atoms with van der Waals surface area (Å²) in [5.41, 5.74) is 2.68. The van der Waals surface area contributed by atoms with Gasteiger partial charge in [0, 0.05) is 12.1 Å². The van der Waals surface area contributed by atoms with E-state index in [2.05, 4.69) is 10.0 Å². The van der Waals surface area contributed by atoms with E-state index in [1.807, 2.05) is 13.0 Å². The van der Waals surface area contributed by atoms with Crippen molar-refractivity contribution in [2.45, 2.75) is 31.2 Å². The average molecular weight is 427 g/mol. The van der Waals surface area contributed by atoms with Crippen LogP contribution in [-0.2, 0) is 14.8 Å². The van der Waals surface area contributed by atoms with Crippen LogP contribution in [0.25, 0.3) is 0 Å². The van der Waals surface area contributed by atoms with Crippen molar-refractivity contribution in [1.82, 2.24) is 4.72 Å². The highest BCUT2D eigenvalue weighted by molar-refractivity contribution is 7.89. The molecule has 0 aliphatic heterocycles. The molecule has 0 spiro atoms. The monoisotopic (exact) mass is 426 g/mol. The molecule has 0 radical (unpaired) electrons. The lowest BCUT2D eigenvalue weighted by Gasteiger charge is -2.19. The van der Waals surface area contributed by atoms with Gasteiger partial charge in [0.1, 0.15) is 5.82 Å². The summed E-state index contributed by atoms with van der Waals surface area (Å²) in [6.45, 7) is 3.56. The Morgan fingerprint density at radius 1 is 0.967 bits per heavy atom. The maximum Gasteiger partial charge on any atom is 0.241 e. The van der Waals surface area contributed by atoms with Gasteiger partial charge in [-0.15, -0.1) is 0 Å². The third-order valence-electron chi connectivity index (χ3n) is 4.68. The van der Waals surface area contributed by atoms with Crippen molar-refractivity contribution in [1.29, 1.82) is 0 Å². The minimum atomic E-state index is -3.84. The number of aryl methyl sites for hydroxylation is 2. The lowest BCUT2D eigenvalue weighted by molar-refractivity contribution is -0.116. The van der Waals surface area contributed by atoms with Crippen LogP contribution >= 0.6 is 0 Å². The van der Waals surface area contributed by atoms with Crippen LogP contribution < -0.4 is 10.0 Å². The molecule has 0 saturated carbocycles. The molecule has 0 unspecified atom stereocenters. The molecule has 0 aliphatic rings. The molecule has 0 saturated heterocycles. The van der Waals surface area contributed by atoms with E-state index >= 15 is 0 Å². The average Bonchev–Trinajstić information content (AvgIpc) is 2.70. The third kappa shape index (κ3) is 5.52. The van der Waals surface area contributed by atoms with Crippen LogP contribution in [0.3, 0.4) is 0 Å². The molecular formula is C23H23FN2O3S. The molecule has 0 aromatic heterocycles. The van der Waals surface area contributed by atoms with Gasteiger partial charge >= 0.3 is 0 Å². The summed E-state index contributed by atoms with van der Waals surface area (Å²) >= 11 is 0. The number of nitrogens with one attached hydrogen (secondary N) is 2. The van der Waals surface area contributed by atoms with E-state index in [-0.39, 0.29) is 17.2 Å². The van der Waals surface area contributed by atoms with Crippen molar-refractivity contribution in [3.63, 3.8) is 0 Å². The predicted molar refractivity (Wildman–Crippen MR) is 115 cm³/mol. The minimum Gasteiger partial charge on any atom is -0.326 e. The molecule has 1 atom stereocenters. The number of benzene rings is 3. The first kappa shape index (κ1) is 21.7. The van der Waals surface area contributed by atoms with Crippen LogP contribution in [0.2, 0.25) is 0 Å². The van der Waals surface area contributed by atoms with Crippen molar-refractivity contribution < 1.29 is 17.6 Å². The molecular weight excluding hydrogens is 403 g/mol. The van der Waals surface area contributed by atoms with Crippen molar-refractivity contribution in [3.05, 3.63) is 95.3 Å². The van der Waals surface area contributed by atoms with Gasteiger partial charge in [-0.1, -0.05) is 48.0 Å². The Morgan fingerprint density at radius 3 is 2.27 bits per heavy atom. The SMILES string of the molecule is Cc1ccc(S(=O)(=O)N[C@H](CC(=O)Nc2ccc(F)cc2C)c2ccccc2)cc1. The molecule has 0 fully saturated rings. The van der Waals surface area contributed by atoms with Gasteiger partial charge in [0.2, 0.25) is 15.9 Å². The number of carbonyl (C=O) groups is 1. The molecule has 3 aromatic rings. The van der Waals surface area contributed by atoms with Gasteiger partial charge in [-0.2, -0.15) is 0 Å². The highest BCUT2D eigenvalue weighted by Gasteiger charge is 2.24. The lowest BCUT2D eigenvalue weighted by Crippen LogP contribution is -2.31. The van der Waals surface area contributed by atoms with Crippen LogP contribution in [-0.4, -0.2) is 14.3 Å². The maximum absolute atomic E-state index is 13.3. The van der Waals surface area contributed by atoms with E-state index in [0.717, 1.165) is 5.56 Å². The van der Waals surface area contributed by atoms with E-state index in [9.17, 15) is 17.6 Å². The summed E-state index contributed by atoms with van der Waals surface area (Å²) in [4.78, 5) is 12.8. The zero-order valence-corrected chi connectivity index (χ0v) is 17.5. The summed E-state index contributed by atoms with van der Waals surface area (Å²) < 4.78 is 41.7. The smallest absolute Gasteiger partial charge is 0.241 e. The lowest BCUT2D eigenvalue weighted by atomic mass is 10.0. The number of anilines is 1. The maximum atomic E-state index is 13.3. The third-order valence-corrected chi connectivity index (χ3v) is 6.17. The first-order valence-corrected chi connectivity index (χ1v) is 10.9. The highest BCUT2D eigenvalue weighted by Crippen LogP contribution is 2.23. The quantitative estimate of drug-likeness (QED) is 0.584. The Morgan fingerprint density at radius 2 is 1.63 bits per heavy atom. The molecule has 30 heavy (non-hydrogen) atoms. The van der Waals surface area contributed by atoms with Gasteiger partial charge in [0.05, 0.1) is 10.9 Å². The topological polar surface area (TPSA) is 75.3 Å². The number of rotatable bonds is 7. The molecule has 5 nitrogen and oxygen atoms in total. The molecule has 7 heteroatoms. The van der Waals surface area contributed by atoms with E-state index in [0.29, 0.717) is 16.8 Å². The van der Waals surface area contributed by atoms with Gasteiger partial charge < -0.3 is 5.32 Å². The second kappa shape index (κ2) is 9.19. The van der Waals surface area contributed by atoms with Crippen molar-refractivity contribution >= 4 is 21.6 Å². The highest BCUT2D eigenvalue weighted by atomic mass is 32.2. The molecule has 0 aliphatic carbocycles. The summed E-state index contributed by atoms with van der Waals surface area (Å²) in [7, 11) is -3.84. The van der Waals surface area contributed by atoms with Crippen LogP contribution in [0.15, 0.2) is 77.7 Å². The fourth-order valence-corrected chi connectivity index (χ4v) is 4.26. The fraction of sp³-hybridized carbons (Fsp3) is 0.174. The first-order chi connectivity index (χ1) is 14.2. The number of hydrogen-bond donors (Lipinski definition) is 2. The molecule has 156 valence electrons. The van der Waals surface area contributed by atoms with Gasteiger partial charge in [-0.05, 0) is 55.3 Å². The molecule has 0 heterocycles. The fourth-order valence-electron chi connectivity index (χ4n) is 3.04. The Kier molecular flexibility index (Phi) is 6.64. The number of hydrogen-bond acceptors (Lipinski definition) is 3. The van der Waals surface area contributed by atoms with Gasteiger partial charge in [0.25, 0.3) is 0 Å². The predicted octanol–water partition coefficient (Wildman–Crippen LogP) is 4.49. The van der Waals surface area contributed by atoms with Crippen molar-refractivity contribution in [3.8, 4) is 0 Å². The van der Waals surface area contributed by atoms with E-state index < -0.39 is 21.9 Å². The number of amides is 1. The standard InChI is InChI=1S/C23H23FN2O3S/c1-16-8-11-20(12-9-16)30(28,29)26-22(18-6-4-3-5-7-18)15-23(27)25-21-13-10-19(24)14-17(21)2/h3-14,22,26H,15H2,1-2H3,(H,25,27)/t22-/m1/s1. The van der Waals surface area contributed by atoms with Gasteiger partial charge in [0.15, 0.2) is 0 Å². The van der Waals surface area contributed by atoms with Crippen LogP contribution in [0, 0.1) is 19.7 Å². The summed E-state index contributed by atoms with van der Waals surface area (Å²) in [5.74, 6) is -0.774. The molecule has 2 N–H and O–H groups in total. The molecule has 0 bridgehead atoms. The Balaban J connectivity index is 1.82. The van der Waals surface area contributed by atoms with Gasteiger partial charge in [-0.25, -0.2) is 17.5 Å². The van der Waals surface area contributed by atoms with Crippen LogP contribution in [0.4, 0.5) is 10.1 Å². The summed E-state index contributed by atoms with van der Waals surface area (Å²) in [5, 5.41) is 2.73. The molecule has 3 aromatic carbocycles. The van der Waals surface area contributed by atoms with E-state index in [4.69, 9.17) is 0 Å². The second-order valence-electron chi connectivity index (χ2n) is 7.11. The normalized spacial score (nSPS) is 12.4. The zero-order valence-electron chi connectivity index (χ0n) is 16.7. The van der Waals surface area contributed by atoms with Gasteiger partial charge in [-0.3, -0.25) is 4.79 Å². The Labute approximate surface area is 176 Å². The number of halogens is 1. The minimum absolute atomic E-state index is 0.119. The zero-order chi connectivity index (χ0) is 21.7. The largest absolute Gasteiger partial charge is 0.326 e. The summed E-state index contributed by atoms with van der Waals surface area (Å²) in [6, 6.07) is 18.7. The first-order valence-electron chi connectivity index (χ1n) is 9.44. The summed E-state index contributed by atoms with van der Waals surface area (Å²) in [6.07, 6.45) is -0.119. The van der Waals surface area contributed by atoms with Crippen molar-refractivity contribution in [2.75, 3.05) is 5.32 Å². The number of sulfonamides is 1. The van der Waals surface area contributed by atoms with E-state index in [1.54, 1.807) is 43.3 Å². The number of carbonyl (C=O) groups excluding carboxylic acids is 1. The van der Waals surface area contributed by atoms with Crippen LogP contribution in [0.1, 0.15) is 29.2 Å². The van der Waals surface area contributed by atoms with E-state index in [1.165, 1.54) is 30.3 Å². The Hall–Kier alpha value is -3.03. The van der Waals surface area contributed by atoms with Crippen LogP contribution in [0.5, 0.6) is 0 Å². The second-order valence-corrected chi connectivity index (χ2v) is 8.82. The Bertz CT molecular complexity index is 1130. The molecule has 3 rings (SSSR count). The molecule has 1 amide bonds.